The third-order valence-corrected chi connectivity index (χ3v) is 3.03. The Morgan fingerprint density at radius 3 is 2.37 bits per heavy atom. The van der Waals surface area contributed by atoms with Crippen molar-refractivity contribution in [1.82, 2.24) is 0 Å². The van der Waals surface area contributed by atoms with Crippen LogP contribution in [0.3, 0.4) is 0 Å². The molecule has 0 aliphatic rings. The zero-order valence-corrected chi connectivity index (χ0v) is 11.0. The van der Waals surface area contributed by atoms with Crippen LogP contribution in [0.25, 0.3) is 11.1 Å². The van der Waals surface area contributed by atoms with Crippen molar-refractivity contribution in [1.29, 1.82) is 0 Å². The number of hydrogen-bond acceptors (Lipinski definition) is 3. The lowest BCUT2D eigenvalue weighted by molar-refractivity contribution is 0.310. The smallest absolute Gasteiger partial charge is 0.124 e. The van der Waals surface area contributed by atoms with Crippen LogP contribution in [-0.4, -0.2) is 13.2 Å². The molecule has 19 heavy (non-hydrogen) atoms. The molecule has 0 bridgehead atoms. The summed E-state index contributed by atoms with van der Waals surface area (Å²) in [6.45, 7) is 1.72. The van der Waals surface area contributed by atoms with Crippen molar-refractivity contribution in [3.63, 3.8) is 0 Å². The van der Waals surface area contributed by atoms with Crippen LogP contribution in [0.15, 0.2) is 48.5 Å². The summed E-state index contributed by atoms with van der Waals surface area (Å²) in [6, 6.07) is 16.3. The van der Waals surface area contributed by atoms with Gasteiger partial charge in [-0.05, 0) is 30.2 Å². The molecule has 0 saturated carbocycles. The molecule has 4 N–H and O–H groups in total. The van der Waals surface area contributed by atoms with Gasteiger partial charge in [-0.25, -0.2) is 0 Å². The van der Waals surface area contributed by atoms with E-state index in [0.717, 1.165) is 28.9 Å². The number of ether oxygens (including phenoxy) is 1. The standard InChI is InChI=1S/C16H20N2O/c17-10-5-11-19-16-9-4-8-14(15(16)12-18)13-6-2-1-3-7-13/h1-4,6-9H,5,10-12,17-18H2. The molecular weight excluding hydrogens is 236 g/mol. The van der Waals surface area contributed by atoms with Gasteiger partial charge in [-0.15, -0.1) is 0 Å². The Bertz CT molecular complexity index is 511. The van der Waals surface area contributed by atoms with Gasteiger partial charge in [0.25, 0.3) is 0 Å². The maximum Gasteiger partial charge on any atom is 0.124 e. The number of rotatable bonds is 6. The van der Waals surface area contributed by atoms with E-state index in [9.17, 15) is 0 Å². The predicted octanol–water partition coefficient (Wildman–Crippen LogP) is 2.54. The lowest BCUT2D eigenvalue weighted by Crippen LogP contribution is -2.09. The SMILES string of the molecule is NCCCOc1cccc(-c2ccccc2)c1CN. The number of nitrogens with two attached hydrogens (primary N) is 2. The van der Waals surface area contributed by atoms with E-state index in [1.807, 2.05) is 30.3 Å². The summed E-state index contributed by atoms with van der Waals surface area (Å²) < 4.78 is 5.77. The van der Waals surface area contributed by atoms with Crippen molar-refractivity contribution in [2.45, 2.75) is 13.0 Å². The van der Waals surface area contributed by atoms with E-state index < -0.39 is 0 Å². The van der Waals surface area contributed by atoms with Gasteiger partial charge >= 0.3 is 0 Å². The van der Waals surface area contributed by atoms with Gasteiger partial charge < -0.3 is 16.2 Å². The minimum Gasteiger partial charge on any atom is -0.493 e. The maximum absolute atomic E-state index is 5.89. The second-order valence-electron chi connectivity index (χ2n) is 4.34. The lowest BCUT2D eigenvalue weighted by atomic mass is 9.99. The minimum absolute atomic E-state index is 0.461. The van der Waals surface area contributed by atoms with Gasteiger partial charge in [0, 0.05) is 12.1 Å². The van der Waals surface area contributed by atoms with Crippen molar-refractivity contribution >= 4 is 0 Å². The topological polar surface area (TPSA) is 61.3 Å². The zero-order chi connectivity index (χ0) is 13.5. The van der Waals surface area contributed by atoms with Crippen LogP contribution in [0.4, 0.5) is 0 Å². The predicted molar refractivity (Wildman–Crippen MR) is 78.9 cm³/mol. The molecule has 0 atom stereocenters. The molecule has 0 aliphatic heterocycles. The molecule has 0 heterocycles. The van der Waals surface area contributed by atoms with Crippen LogP contribution in [0.5, 0.6) is 5.75 Å². The fourth-order valence-electron chi connectivity index (χ4n) is 2.07. The summed E-state index contributed by atoms with van der Waals surface area (Å²) in [5, 5.41) is 0. The van der Waals surface area contributed by atoms with Gasteiger partial charge in [0.15, 0.2) is 0 Å². The summed E-state index contributed by atoms with van der Waals surface area (Å²) in [4.78, 5) is 0. The summed E-state index contributed by atoms with van der Waals surface area (Å²) in [5.74, 6) is 0.859. The van der Waals surface area contributed by atoms with Gasteiger partial charge in [-0.3, -0.25) is 0 Å². The van der Waals surface area contributed by atoms with Crippen LogP contribution in [0.1, 0.15) is 12.0 Å². The molecule has 2 aromatic rings. The van der Waals surface area contributed by atoms with Crippen molar-refractivity contribution < 1.29 is 4.74 Å². The molecule has 0 spiro atoms. The molecule has 3 nitrogen and oxygen atoms in total. The lowest BCUT2D eigenvalue weighted by Gasteiger charge is -2.14. The quantitative estimate of drug-likeness (QED) is 0.781. The Balaban J connectivity index is 2.31. The van der Waals surface area contributed by atoms with E-state index in [0.29, 0.717) is 19.7 Å². The Morgan fingerprint density at radius 2 is 1.68 bits per heavy atom. The monoisotopic (exact) mass is 256 g/mol. The highest BCUT2D eigenvalue weighted by atomic mass is 16.5. The van der Waals surface area contributed by atoms with Crippen LogP contribution >= 0.6 is 0 Å². The van der Waals surface area contributed by atoms with Gasteiger partial charge in [0.2, 0.25) is 0 Å². The zero-order valence-electron chi connectivity index (χ0n) is 11.0. The average Bonchev–Trinajstić information content (AvgIpc) is 2.48. The molecule has 0 unspecified atom stereocenters. The van der Waals surface area contributed by atoms with Gasteiger partial charge in [-0.1, -0.05) is 42.5 Å². The maximum atomic E-state index is 5.89. The largest absolute Gasteiger partial charge is 0.493 e. The number of hydrogen-bond donors (Lipinski definition) is 2. The van der Waals surface area contributed by atoms with Crippen molar-refractivity contribution in [2.75, 3.05) is 13.2 Å². The third-order valence-electron chi connectivity index (χ3n) is 3.03. The molecular formula is C16H20N2O. The summed E-state index contributed by atoms with van der Waals surface area (Å²) in [6.07, 6.45) is 0.847. The molecule has 0 fully saturated rings. The van der Waals surface area contributed by atoms with E-state index in [4.69, 9.17) is 16.2 Å². The highest BCUT2D eigenvalue weighted by molar-refractivity contribution is 5.70. The molecule has 0 saturated heterocycles. The summed E-state index contributed by atoms with van der Waals surface area (Å²) >= 11 is 0. The normalized spacial score (nSPS) is 10.4. The van der Waals surface area contributed by atoms with E-state index in [2.05, 4.69) is 18.2 Å². The second-order valence-corrected chi connectivity index (χ2v) is 4.34. The number of benzene rings is 2. The fraction of sp³-hybridized carbons (Fsp3) is 0.250. The van der Waals surface area contributed by atoms with E-state index in [1.165, 1.54) is 0 Å². The molecule has 0 amide bonds. The second kappa shape index (κ2) is 6.92. The van der Waals surface area contributed by atoms with Crippen LogP contribution < -0.4 is 16.2 Å². The van der Waals surface area contributed by atoms with Gasteiger partial charge in [0.05, 0.1) is 6.61 Å². The highest BCUT2D eigenvalue weighted by Crippen LogP contribution is 2.30. The summed E-state index contributed by atoms with van der Waals surface area (Å²) in [5.41, 5.74) is 14.7. The average molecular weight is 256 g/mol. The molecule has 0 aromatic heterocycles. The van der Waals surface area contributed by atoms with Crippen LogP contribution in [-0.2, 0) is 6.54 Å². The molecule has 2 aromatic carbocycles. The van der Waals surface area contributed by atoms with E-state index in [-0.39, 0.29) is 0 Å². The Hall–Kier alpha value is -1.84. The van der Waals surface area contributed by atoms with Crippen molar-refractivity contribution in [3.05, 3.63) is 54.1 Å². The minimum atomic E-state index is 0.461. The first kappa shape index (κ1) is 13.6. The van der Waals surface area contributed by atoms with Crippen molar-refractivity contribution in [2.24, 2.45) is 11.5 Å². The molecule has 2 rings (SSSR count). The Morgan fingerprint density at radius 1 is 0.895 bits per heavy atom. The van der Waals surface area contributed by atoms with Gasteiger partial charge in [-0.2, -0.15) is 0 Å². The molecule has 0 aliphatic carbocycles. The van der Waals surface area contributed by atoms with Crippen molar-refractivity contribution in [3.8, 4) is 16.9 Å². The van der Waals surface area contributed by atoms with Crippen LogP contribution in [0.2, 0.25) is 0 Å². The Labute approximate surface area is 114 Å². The molecule has 100 valence electrons. The first-order chi connectivity index (χ1) is 9.36. The third kappa shape index (κ3) is 3.34. The summed E-state index contributed by atoms with van der Waals surface area (Å²) in [7, 11) is 0. The van der Waals surface area contributed by atoms with E-state index >= 15 is 0 Å². The first-order valence-corrected chi connectivity index (χ1v) is 6.57. The van der Waals surface area contributed by atoms with E-state index in [1.54, 1.807) is 0 Å². The molecule has 3 heteroatoms. The van der Waals surface area contributed by atoms with Gasteiger partial charge in [0.1, 0.15) is 5.75 Å². The highest BCUT2D eigenvalue weighted by Gasteiger charge is 2.09. The van der Waals surface area contributed by atoms with Crippen LogP contribution in [0, 0.1) is 0 Å². The molecule has 0 radical (unpaired) electrons. The Kier molecular flexibility index (Phi) is 4.95. The first-order valence-electron chi connectivity index (χ1n) is 6.57. The fourth-order valence-corrected chi connectivity index (χ4v) is 2.07.